The lowest BCUT2D eigenvalue weighted by Gasteiger charge is -2.09. The van der Waals surface area contributed by atoms with Crippen molar-refractivity contribution in [3.63, 3.8) is 0 Å². The third kappa shape index (κ3) is 4.99. The fourth-order valence-electron chi connectivity index (χ4n) is 2.82. The van der Waals surface area contributed by atoms with E-state index in [0.29, 0.717) is 11.4 Å². The molecule has 3 aromatic rings. The third-order valence-corrected chi connectivity index (χ3v) is 4.57. The van der Waals surface area contributed by atoms with Crippen LogP contribution >= 0.6 is 0 Å². The van der Waals surface area contributed by atoms with Crippen LogP contribution in [-0.4, -0.2) is 28.9 Å². The zero-order valence-corrected chi connectivity index (χ0v) is 17.5. The predicted octanol–water partition coefficient (Wildman–Crippen LogP) is 3.92. The SMILES string of the molecule is Cc1c(N=Nc2cccc(C(=O)OCCOc3ccccc3)c2)c(O)n(C)c(=O)c1C#N. The summed E-state index contributed by atoms with van der Waals surface area (Å²) in [5.74, 6) is -0.279. The molecule has 0 fully saturated rings. The first-order chi connectivity index (χ1) is 15.4. The number of hydrogen-bond acceptors (Lipinski definition) is 8. The molecule has 1 aromatic heterocycles. The van der Waals surface area contributed by atoms with Gasteiger partial charge in [-0.3, -0.25) is 9.36 Å². The summed E-state index contributed by atoms with van der Waals surface area (Å²) in [6.45, 7) is 1.78. The predicted molar refractivity (Wildman–Crippen MR) is 116 cm³/mol. The summed E-state index contributed by atoms with van der Waals surface area (Å²) in [4.78, 5) is 24.3. The lowest BCUT2D eigenvalue weighted by molar-refractivity contribution is 0.0450. The Hall–Kier alpha value is -4.45. The third-order valence-electron chi connectivity index (χ3n) is 4.57. The number of rotatable bonds is 7. The largest absolute Gasteiger partial charge is 0.493 e. The van der Waals surface area contributed by atoms with Crippen LogP contribution in [0, 0.1) is 18.3 Å². The number of ether oxygens (including phenoxy) is 2. The summed E-state index contributed by atoms with van der Waals surface area (Å²) in [6, 6.07) is 17.3. The zero-order valence-electron chi connectivity index (χ0n) is 17.5. The minimum absolute atomic E-state index is 0.00492. The van der Waals surface area contributed by atoms with Crippen molar-refractivity contribution >= 4 is 17.3 Å². The van der Waals surface area contributed by atoms with Crippen molar-refractivity contribution in [2.24, 2.45) is 17.3 Å². The maximum Gasteiger partial charge on any atom is 0.338 e. The van der Waals surface area contributed by atoms with Gasteiger partial charge in [0.1, 0.15) is 30.6 Å². The maximum absolute atomic E-state index is 12.3. The van der Waals surface area contributed by atoms with Crippen LogP contribution in [0.3, 0.4) is 0 Å². The van der Waals surface area contributed by atoms with Crippen molar-refractivity contribution in [1.29, 1.82) is 5.26 Å². The summed E-state index contributed by atoms with van der Waals surface area (Å²) >= 11 is 0. The smallest absolute Gasteiger partial charge is 0.338 e. The van der Waals surface area contributed by atoms with Crippen molar-refractivity contribution < 1.29 is 19.4 Å². The molecule has 0 unspecified atom stereocenters. The van der Waals surface area contributed by atoms with Crippen LogP contribution in [0.2, 0.25) is 0 Å². The van der Waals surface area contributed by atoms with Gasteiger partial charge in [-0.25, -0.2) is 4.79 Å². The van der Waals surface area contributed by atoms with Crippen molar-refractivity contribution in [2.75, 3.05) is 13.2 Å². The van der Waals surface area contributed by atoms with Gasteiger partial charge in [0.2, 0.25) is 5.88 Å². The summed E-state index contributed by atoms with van der Waals surface area (Å²) in [7, 11) is 1.33. The number of nitriles is 1. The highest BCUT2D eigenvalue weighted by Crippen LogP contribution is 2.31. The highest BCUT2D eigenvalue weighted by Gasteiger charge is 2.17. The highest BCUT2D eigenvalue weighted by atomic mass is 16.6. The molecule has 0 atom stereocenters. The summed E-state index contributed by atoms with van der Waals surface area (Å²) < 4.78 is 11.6. The van der Waals surface area contributed by atoms with Gasteiger partial charge in [0.25, 0.3) is 5.56 Å². The van der Waals surface area contributed by atoms with E-state index in [1.807, 2.05) is 24.3 Å². The summed E-state index contributed by atoms with van der Waals surface area (Å²) in [5, 5.41) is 27.4. The Labute approximate surface area is 183 Å². The number of benzene rings is 2. The van der Waals surface area contributed by atoms with Gasteiger partial charge in [0, 0.05) is 12.6 Å². The fraction of sp³-hybridized carbons (Fsp3) is 0.174. The number of para-hydroxylation sites is 1. The molecule has 3 rings (SSSR count). The Balaban J connectivity index is 1.69. The molecule has 1 N–H and O–H groups in total. The second-order valence-electron chi connectivity index (χ2n) is 6.70. The van der Waals surface area contributed by atoms with Gasteiger partial charge in [0.15, 0.2) is 5.69 Å². The van der Waals surface area contributed by atoms with E-state index in [0.717, 1.165) is 4.57 Å². The molecule has 32 heavy (non-hydrogen) atoms. The van der Waals surface area contributed by atoms with Crippen LogP contribution in [0.5, 0.6) is 11.6 Å². The molecule has 9 nitrogen and oxygen atoms in total. The number of aromatic hydroxyl groups is 1. The number of hydrogen-bond donors (Lipinski definition) is 1. The average molecular weight is 432 g/mol. The van der Waals surface area contributed by atoms with Gasteiger partial charge in [-0.2, -0.15) is 10.4 Å². The van der Waals surface area contributed by atoms with E-state index in [4.69, 9.17) is 9.47 Å². The van der Waals surface area contributed by atoms with Gasteiger partial charge in [0.05, 0.1) is 11.3 Å². The first-order valence-electron chi connectivity index (χ1n) is 9.61. The topological polar surface area (TPSA) is 126 Å². The summed E-state index contributed by atoms with van der Waals surface area (Å²) in [5.41, 5.74) is 0.0451. The molecule has 0 saturated heterocycles. The van der Waals surface area contributed by atoms with Crippen LogP contribution in [0.1, 0.15) is 21.5 Å². The molecule has 0 saturated carbocycles. The van der Waals surface area contributed by atoms with Crippen molar-refractivity contribution in [3.05, 3.63) is 81.6 Å². The monoisotopic (exact) mass is 432 g/mol. The van der Waals surface area contributed by atoms with E-state index >= 15 is 0 Å². The normalized spacial score (nSPS) is 10.7. The Kier molecular flexibility index (Phi) is 6.98. The van der Waals surface area contributed by atoms with Crippen LogP contribution in [0.4, 0.5) is 11.4 Å². The summed E-state index contributed by atoms with van der Waals surface area (Å²) in [6.07, 6.45) is 0. The van der Waals surface area contributed by atoms with Crippen molar-refractivity contribution in [2.45, 2.75) is 6.92 Å². The molecule has 0 aliphatic heterocycles. The standard InChI is InChI=1S/C23H20N4O5/c1-15-19(14-24)21(28)27(2)22(29)20(15)26-25-17-8-6-7-16(13-17)23(30)32-12-11-31-18-9-4-3-5-10-18/h3-10,13,29H,11-12H2,1-2H3. The highest BCUT2D eigenvalue weighted by molar-refractivity contribution is 5.90. The Bertz CT molecular complexity index is 1260. The molecular formula is C23H20N4O5. The van der Waals surface area contributed by atoms with Gasteiger partial charge >= 0.3 is 5.97 Å². The van der Waals surface area contributed by atoms with Crippen LogP contribution in [0.25, 0.3) is 0 Å². The Morgan fingerprint density at radius 3 is 2.59 bits per heavy atom. The lowest BCUT2D eigenvalue weighted by atomic mass is 10.1. The maximum atomic E-state index is 12.3. The number of azo groups is 1. The Morgan fingerprint density at radius 1 is 1.12 bits per heavy atom. The molecule has 1 heterocycles. The zero-order chi connectivity index (χ0) is 23.1. The number of aromatic nitrogens is 1. The molecule has 2 aromatic carbocycles. The first kappa shape index (κ1) is 22.2. The van der Waals surface area contributed by atoms with Crippen LogP contribution < -0.4 is 10.3 Å². The molecule has 0 amide bonds. The van der Waals surface area contributed by atoms with Gasteiger partial charge in [-0.05, 0) is 37.3 Å². The number of pyridine rings is 1. The first-order valence-corrected chi connectivity index (χ1v) is 9.61. The minimum Gasteiger partial charge on any atom is -0.493 e. The molecule has 0 aliphatic rings. The van der Waals surface area contributed by atoms with E-state index in [1.165, 1.54) is 20.0 Å². The van der Waals surface area contributed by atoms with Crippen molar-refractivity contribution in [3.8, 4) is 17.7 Å². The second-order valence-corrected chi connectivity index (χ2v) is 6.70. The molecule has 0 aliphatic carbocycles. The number of nitrogens with zero attached hydrogens (tertiary/aromatic N) is 4. The quantitative estimate of drug-likeness (QED) is 0.342. The Morgan fingerprint density at radius 2 is 1.88 bits per heavy atom. The van der Waals surface area contributed by atoms with Crippen molar-refractivity contribution in [1.82, 2.24) is 4.57 Å². The lowest BCUT2D eigenvalue weighted by Crippen LogP contribution is -2.20. The molecule has 0 spiro atoms. The van der Waals surface area contributed by atoms with Crippen LogP contribution in [0.15, 0.2) is 69.6 Å². The van der Waals surface area contributed by atoms with Crippen LogP contribution in [-0.2, 0) is 11.8 Å². The fourth-order valence-corrected chi connectivity index (χ4v) is 2.82. The van der Waals surface area contributed by atoms with Gasteiger partial charge in [-0.1, -0.05) is 24.3 Å². The number of carbonyl (C=O) groups excluding carboxylic acids is 1. The van der Waals surface area contributed by atoms with E-state index < -0.39 is 17.4 Å². The molecular weight excluding hydrogens is 412 g/mol. The molecule has 0 radical (unpaired) electrons. The number of esters is 1. The van der Waals surface area contributed by atoms with Gasteiger partial charge < -0.3 is 14.6 Å². The molecule has 162 valence electrons. The second kappa shape index (κ2) is 10.0. The minimum atomic E-state index is -0.623. The van der Waals surface area contributed by atoms with E-state index in [2.05, 4.69) is 10.2 Å². The van der Waals surface area contributed by atoms with E-state index in [1.54, 1.807) is 30.3 Å². The van der Waals surface area contributed by atoms with E-state index in [-0.39, 0.29) is 35.6 Å². The van der Waals surface area contributed by atoms with Gasteiger partial charge in [-0.15, -0.1) is 5.11 Å². The molecule has 9 heteroatoms. The average Bonchev–Trinajstić information content (AvgIpc) is 2.81. The number of carbonyl (C=O) groups is 1. The van der Waals surface area contributed by atoms with E-state index in [9.17, 15) is 20.0 Å². The molecule has 0 bridgehead atoms.